The summed E-state index contributed by atoms with van der Waals surface area (Å²) in [6.45, 7) is 9.69. The summed E-state index contributed by atoms with van der Waals surface area (Å²) in [5.74, 6) is 0.670. The first kappa shape index (κ1) is 15.2. The Morgan fingerprint density at radius 2 is 1.95 bits per heavy atom. The molecule has 1 atom stereocenters. The molecular formula is C15H27N5. The SMILES string of the molecule is CCc1nnc(NCCN2CCCCC2C)nc1CC. The quantitative estimate of drug-likeness (QED) is 0.864. The highest BCUT2D eigenvalue weighted by Crippen LogP contribution is 2.15. The molecule has 2 heterocycles. The largest absolute Gasteiger partial charge is 0.352 e. The summed E-state index contributed by atoms with van der Waals surface area (Å²) in [5.41, 5.74) is 2.08. The van der Waals surface area contributed by atoms with Crippen molar-refractivity contribution in [3.63, 3.8) is 0 Å². The van der Waals surface area contributed by atoms with Crippen LogP contribution >= 0.6 is 0 Å². The molecular weight excluding hydrogens is 250 g/mol. The number of likely N-dealkylation sites (tertiary alicyclic amines) is 1. The van der Waals surface area contributed by atoms with Gasteiger partial charge in [0.15, 0.2) is 0 Å². The van der Waals surface area contributed by atoms with Crippen LogP contribution in [0.25, 0.3) is 0 Å². The van der Waals surface area contributed by atoms with Crippen LogP contribution in [-0.2, 0) is 12.8 Å². The van der Waals surface area contributed by atoms with E-state index in [9.17, 15) is 0 Å². The highest BCUT2D eigenvalue weighted by molar-refractivity contribution is 5.25. The molecule has 20 heavy (non-hydrogen) atoms. The Morgan fingerprint density at radius 1 is 1.15 bits per heavy atom. The maximum Gasteiger partial charge on any atom is 0.243 e. The number of nitrogens with zero attached hydrogens (tertiary/aromatic N) is 4. The Hall–Kier alpha value is -1.23. The molecule has 1 N–H and O–H groups in total. The summed E-state index contributed by atoms with van der Waals surface area (Å²) in [6.07, 6.45) is 5.83. The molecule has 1 aliphatic rings. The average Bonchev–Trinajstić information content (AvgIpc) is 2.49. The first-order valence-electron chi connectivity index (χ1n) is 7.95. The summed E-state index contributed by atoms with van der Waals surface area (Å²) >= 11 is 0. The van der Waals surface area contributed by atoms with Crippen molar-refractivity contribution >= 4 is 5.95 Å². The second-order valence-corrected chi connectivity index (χ2v) is 5.54. The van der Waals surface area contributed by atoms with Gasteiger partial charge >= 0.3 is 0 Å². The van der Waals surface area contributed by atoms with Gasteiger partial charge in [0.05, 0.1) is 11.4 Å². The number of nitrogens with one attached hydrogen (secondary N) is 1. The van der Waals surface area contributed by atoms with Gasteiger partial charge in [-0.05, 0) is 39.2 Å². The number of aromatic nitrogens is 3. The summed E-state index contributed by atoms with van der Waals surface area (Å²) in [5, 5.41) is 11.7. The number of anilines is 1. The molecule has 112 valence electrons. The number of aryl methyl sites for hydroxylation is 2. The van der Waals surface area contributed by atoms with E-state index < -0.39 is 0 Å². The van der Waals surface area contributed by atoms with Crippen LogP contribution in [0, 0.1) is 0 Å². The van der Waals surface area contributed by atoms with Crippen molar-refractivity contribution in [3.05, 3.63) is 11.4 Å². The third-order valence-electron chi connectivity index (χ3n) is 4.13. The minimum absolute atomic E-state index is 0.670. The number of hydrogen-bond donors (Lipinski definition) is 1. The van der Waals surface area contributed by atoms with Gasteiger partial charge in [-0.15, -0.1) is 5.10 Å². The zero-order valence-electron chi connectivity index (χ0n) is 13.0. The van der Waals surface area contributed by atoms with Gasteiger partial charge in [-0.3, -0.25) is 4.90 Å². The van der Waals surface area contributed by atoms with E-state index in [0.29, 0.717) is 12.0 Å². The molecule has 0 saturated carbocycles. The monoisotopic (exact) mass is 277 g/mol. The van der Waals surface area contributed by atoms with Gasteiger partial charge in [0.1, 0.15) is 0 Å². The van der Waals surface area contributed by atoms with Crippen molar-refractivity contribution in [3.8, 4) is 0 Å². The lowest BCUT2D eigenvalue weighted by Crippen LogP contribution is -2.40. The normalized spacial score (nSPS) is 20.1. The van der Waals surface area contributed by atoms with Crippen LogP contribution in [0.3, 0.4) is 0 Å². The lowest BCUT2D eigenvalue weighted by atomic mass is 10.0. The fourth-order valence-electron chi connectivity index (χ4n) is 2.81. The molecule has 0 bridgehead atoms. The molecule has 0 radical (unpaired) electrons. The maximum absolute atomic E-state index is 4.56. The van der Waals surface area contributed by atoms with Gasteiger partial charge in [0.25, 0.3) is 0 Å². The van der Waals surface area contributed by atoms with Crippen molar-refractivity contribution in [1.29, 1.82) is 0 Å². The molecule has 1 aromatic rings. The predicted molar refractivity (Wildman–Crippen MR) is 82.0 cm³/mol. The summed E-state index contributed by atoms with van der Waals surface area (Å²) in [4.78, 5) is 7.11. The van der Waals surface area contributed by atoms with Gasteiger partial charge in [-0.25, -0.2) is 4.98 Å². The molecule has 1 unspecified atom stereocenters. The van der Waals surface area contributed by atoms with Crippen LogP contribution in [0.15, 0.2) is 0 Å². The molecule has 0 spiro atoms. The molecule has 0 amide bonds. The van der Waals surface area contributed by atoms with E-state index in [1.54, 1.807) is 0 Å². The van der Waals surface area contributed by atoms with Crippen molar-refractivity contribution in [2.24, 2.45) is 0 Å². The first-order chi connectivity index (χ1) is 9.74. The molecule has 0 aromatic carbocycles. The molecule has 1 fully saturated rings. The molecule has 0 aliphatic carbocycles. The molecule has 1 aromatic heterocycles. The minimum atomic E-state index is 0.670. The van der Waals surface area contributed by atoms with E-state index in [1.807, 2.05) is 0 Å². The van der Waals surface area contributed by atoms with E-state index in [-0.39, 0.29) is 0 Å². The van der Waals surface area contributed by atoms with Gasteiger partial charge in [-0.2, -0.15) is 5.10 Å². The van der Waals surface area contributed by atoms with Crippen LogP contribution in [0.5, 0.6) is 0 Å². The standard InChI is InChI=1S/C15H27N5/c1-4-13-14(5-2)18-19-15(17-13)16-9-11-20-10-7-6-8-12(20)3/h12H,4-11H2,1-3H3,(H,16,17,19). The highest BCUT2D eigenvalue weighted by Gasteiger charge is 2.17. The Labute approximate surface area is 122 Å². The summed E-state index contributed by atoms with van der Waals surface area (Å²) in [7, 11) is 0. The van der Waals surface area contributed by atoms with Crippen molar-refractivity contribution in [1.82, 2.24) is 20.1 Å². The maximum atomic E-state index is 4.56. The van der Waals surface area contributed by atoms with Gasteiger partial charge in [0.2, 0.25) is 5.95 Å². The zero-order chi connectivity index (χ0) is 14.4. The van der Waals surface area contributed by atoms with E-state index in [4.69, 9.17) is 0 Å². The minimum Gasteiger partial charge on any atom is -0.352 e. The molecule has 1 aliphatic heterocycles. The third-order valence-corrected chi connectivity index (χ3v) is 4.13. The zero-order valence-corrected chi connectivity index (χ0v) is 13.0. The Morgan fingerprint density at radius 3 is 2.65 bits per heavy atom. The predicted octanol–water partition coefficient (Wildman–Crippen LogP) is 2.28. The first-order valence-corrected chi connectivity index (χ1v) is 7.95. The van der Waals surface area contributed by atoms with Crippen molar-refractivity contribution in [2.45, 2.75) is 58.9 Å². The van der Waals surface area contributed by atoms with Crippen LogP contribution in [0.2, 0.25) is 0 Å². The molecule has 2 rings (SSSR count). The Balaban J connectivity index is 1.84. The number of piperidine rings is 1. The number of hydrogen-bond acceptors (Lipinski definition) is 5. The third kappa shape index (κ3) is 3.88. The molecule has 5 heteroatoms. The number of rotatable bonds is 6. The lowest BCUT2D eigenvalue weighted by Gasteiger charge is -2.33. The summed E-state index contributed by atoms with van der Waals surface area (Å²) in [6, 6.07) is 0.707. The van der Waals surface area contributed by atoms with Gasteiger partial charge in [0, 0.05) is 19.1 Å². The Kier molecular flexibility index (Phi) is 5.71. The van der Waals surface area contributed by atoms with Crippen LogP contribution in [0.4, 0.5) is 5.95 Å². The average molecular weight is 277 g/mol. The fourth-order valence-corrected chi connectivity index (χ4v) is 2.81. The topological polar surface area (TPSA) is 53.9 Å². The van der Waals surface area contributed by atoms with E-state index >= 15 is 0 Å². The van der Waals surface area contributed by atoms with Crippen LogP contribution in [-0.4, -0.2) is 45.8 Å². The lowest BCUT2D eigenvalue weighted by molar-refractivity contribution is 0.167. The fraction of sp³-hybridized carbons (Fsp3) is 0.800. The molecule has 1 saturated heterocycles. The van der Waals surface area contributed by atoms with Crippen molar-refractivity contribution < 1.29 is 0 Å². The van der Waals surface area contributed by atoms with Crippen LogP contribution < -0.4 is 5.32 Å². The molecule has 5 nitrogen and oxygen atoms in total. The van der Waals surface area contributed by atoms with Crippen molar-refractivity contribution in [2.75, 3.05) is 25.0 Å². The Bertz CT molecular complexity index is 421. The smallest absolute Gasteiger partial charge is 0.243 e. The summed E-state index contributed by atoms with van der Waals surface area (Å²) < 4.78 is 0. The van der Waals surface area contributed by atoms with Gasteiger partial charge in [-0.1, -0.05) is 20.3 Å². The van der Waals surface area contributed by atoms with E-state index in [1.165, 1.54) is 25.8 Å². The van der Waals surface area contributed by atoms with E-state index in [2.05, 4.69) is 46.2 Å². The van der Waals surface area contributed by atoms with Gasteiger partial charge < -0.3 is 5.32 Å². The second kappa shape index (κ2) is 7.53. The highest BCUT2D eigenvalue weighted by atomic mass is 15.3. The second-order valence-electron chi connectivity index (χ2n) is 5.54. The van der Waals surface area contributed by atoms with Crippen LogP contribution in [0.1, 0.15) is 51.4 Å². The van der Waals surface area contributed by atoms with E-state index in [0.717, 1.165) is 37.3 Å².